The molecule has 0 aliphatic heterocycles. The van der Waals surface area contributed by atoms with E-state index in [1.807, 2.05) is 6.08 Å². The summed E-state index contributed by atoms with van der Waals surface area (Å²) in [6.07, 6.45) is 7.20. The Kier molecular flexibility index (Phi) is 4.34. The van der Waals surface area contributed by atoms with Crippen molar-refractivity contribution in [3.8, 4) is 0 Å². The molecule has 0 N–H and O–H groups in total. The van der Waals surface area contributed by atoms with Gasteiger partial charge < -0.3 is 4.74 Å². The minimum Gasteiger partial charge on any atom is -0.465 e. The van der Waals surface area contributed by atoms with Gasteiger partial charge in [0.15, 0.2) is 0 Å². The second-order valence-corrected chi connectivity index (χ2v) is 5.00. The molecular formula is C14H22O2. The third-order valence-electron chi connectivity index (χ3n) is 3.64. The summed E-state index contributed by atoms with van der Waals surface area (Å²) in [7, 11) is 0. The summed E-state index contributed by atoms with van der Waals surface area (Å²) < 4.78 is 5.23. The van der Waals surface area contributed by atoms with Gasteiger partial charge in [-0.3, -0.25) is 4.79 Å². The molecule has 2 nitrogen and oxygen atoms in total. The van der Waals surface area contributed by atoms with Gasteiger partial charge in [0, 0.05) is 12.3 Å². The van der Waals surface area contributed by atoms with Gasteiger partial charge in [0.2, 0.25) is 0 Å². The summed E-state index contributed by atoms with van der Waals surface area (Å²) in [6.45, 7) is 10.2. The molecule has 2 unspecified atom stereocenters. The van der Waals surface area contributed by atoms with Crippen molar-refractivity contribution in [1.82, 2.24) is 0 Å². The fourth-order valence-electron chi connectivity index (χ4n) is 2.44. The van der Waals surface area contributed by atoms with Gasteiger partial charge in [0.1, 0.15) is 0 Å². The zero-order valence-corrected chi connectivity index (χ0v) is 10.6. The van der Waals surface area contributed by atoms with Gasteiger partial charge >= 0.3 is 5.97 Å². The first kappa shape index (κ1) is 13.0. The normalized spacial score (nSPS) is 29.4. The smallest absolute Gasteiger partial charge is 0.302 e. The summed E-state index contributed by atoms with van der Waals surface area (Å²) in [5.74, 6) is 0.344. The Labute approximate surface area is 98.4 Å². The maximum atomic E-state index is 10.9. The van der Waals surface area contributed by atoms with Crippen LogP contribution < -0.4 is 0 Å². The van der Waals surface area contributed by atoms with Gasteiger partial charge in [-0.05, 0) is 32.1 Å². The van der Waals surface area contributed by atoms with Gasteiger partial charge in [-0.15, -0.1) is 6.58 Å². The highest BCUT2D eigenvalue weighted by atomic mass is 16.5. The summed E-state index contributed by atoms with van der Waals surface area (Å²) in [5.41, 5.74) is 1.50. The third kappa shape index (κ3) is 2.97. The lowest BCUT2D eigenvalue weighted by Gasteiger charge is -2.40. The topological polar surface area (TPSA) is 26.3 Å². The van der Waals surface area contributed by atoms with Crippen LogP contribution in [-0.4, -0.2) is 12.6 Å². The lowest BCUT2D eigenvalue weighted by atomic mass is 9.66. The van der Waals surface area contributed by atoms with Crippen LogP contribution in [0.3, 0.4) is 0 Å². The highest BCUT2D eigenvalue weighted by Gasteiger charge is 2.37. The molecular weight excluding hydrogens is 200 g/mol. The standard InChI is InChI=1S/C14H22O2/c1-5-7-14(10-16-13(4)15)8-6-11(2)9-12(14)3/h5-6,12H,1,7-10H2,2-4H3. The number of rotatable bonds is 4. The molecule has 0 aromatic carbocycles. The van der Waals surface area contributed by atoms with Crippen molar-refractivity contribution in [3.63, 3.8) is 0 Å². The van der Waals surface area contributed by atoms with Crippen LogP contribution in [0.2, 0.25) is 0 Å². The monoisotopic (exact) mass is 222 g/mol. The van der Waals surface area contributed by atoms with E-state index in [0.29, 0.717) is 12.5 Å². The molecule has 0 radical (unpaired) electrons. The van der Waals surface area contributed by atoms with Crippen molar-refractivity contribution < 1.29 is 9.53 Å². The molecule has 1 rings (SSSR count). The second-order valence-electron chi connectivity index (χ2n) is 5.00. The van der Waals surface area contributed by atoms with E-state index in [4.69, 9.17) is 4.74 Å². The molecule has 16 heavy (non-hydrogen) atoms. The largest absolute Gasteiger partial charge is 0.465 e. The van der Waals surface area contributed by atoms with E-state index in [1.54, 1.807) is 0 Å². The van der Waals surface area contributed by atoms with E-state index in [9.17, 15) is 4.79 Å². The highest BCUT2D eigenvalue weighted by molar-refractivity contribution is 5.65. The molecule has 0 heterocycles. The molecule has 0 aromatic heterocycles. The molecule has 90 valence electrons. The number of hydrogen-bond acceptors (Lipinski definition) is 2. The molecule has 2 heteroatoms. The van der Waals surface area contributed by atoms with Crippen LogP contribution in [0.4, 0.5) is 0 Å². The molecule has 0 amide bonds. The first-order valence-electron chi connectivity index (χ1n) is 5.90. The number of ether oxygens (including phenoxy) is 1. The maximum absolute atomic E-state index is 10.9. The minimum absolute atomic E-state index is 0.0624. The van der Waals surface area contributed by atoms with E-state index >= 15 is 0 Å². The van der Waals surface area contributed by atoms with Crippen LogP contribution in [0.1, 0.15) is 40.0 Å². The lowest BCUT2D eigenvalue weighted by Crippen LogP contribution is -2.36. The third-order valence-corrected chi connectivity index (χ3v) is 3.64. The Bertz CT molecular complexity index is 304. The zero-order valence-electron chi connectivity index (χ0n) is 10.6. The first-order valence-corrected chi connectivity index (χ1v) is 5.90. The van der Waals surface area contributed by atoms with Crippen LogP contribution in [0.15, 0.2) is 24.3 Å². The quantitative estimate of drug-likeness (QED) is 0.537. The molecule has 2 atom stereocenters. The molecule has 1 aliphatic carbocycles. The van der Waals surface area contributed by atoms with Crippen molar-refractivity contribution in [2.24, 2.45) is 11.3 Å². The summed E-state index contributed by atoms with van der Waals surface area (Å²) >= 11 is 0. The van der Waals surface area contributed by atoms with Crippen LogP contribution in [0.5, 0.6) is 0 Å². The molecule has 0 fully saturated rings. The molecule has 0 bridgehead atoms. The molecule has 0 aromatic rings. The maximum Gasteiger partial charge on any atom is 0.302 e. The van der Waals surface area contributed by atoms with Crippen LogP contribution in [-0.2, 0) is 9.53 Å². The van der Waals surface area contributed by atoms with Gasteiger partial charge in [-0.2, -0.15) is 0 Å². The second kappa shape index (κ2) is 5.33. The van der Waals surface area contributed by atoms with Crippen LogP contribution >= 0.6 is 0 Å². The Morgan fingerprint density at radius 1 is 1.75 bits per heavy atom. The van der Waals surface area contributed by atoms with Gasteiger partial charge in [-0.1, -0.05) is 24.6 Å². The Morgan fingerprint density at radius 3 is 2.94 bits per heavy atom. The Hall–Kier alpha value is -1.05. The predicted molar refractivity (Wildman–Crippen MR) is 66.0 cm³/mol. The molecule has 1 aliphatic rings. The SMILES string of the molecule is C=CCC1(COC(C)=O)CC=C(C)CC1C. The summed E-state index contributed by atoms with van der Waals surface area (Å²) in [5, 5.41) is 0. The molecule has 0 saturated carbocycles. The Morgan fingerprint density at radius 2 is 2.44 bits per heavy atom. The first-order chi connectivity index (χ1) is 7.50. The highest BCUT2D eigenvalue weighted by Crippen LogP contribution is 2.43. The summed E-state index contributed by atoms with van der Waals surface area (Å²) in [4.78, 5) is 10.9. The van der Waals surface area contributed by atoms with Gasteiger partial charge in [0.25, 0.3) is 0 Å². The van der Waals surface area contributed by atoms with Crippen molar-refractivity contribution in [3.05, 3.63) is 24.3 Å². The van der Waals surface area contributed by atoms with Crippen LogP contribution in [0.25, 0.3) is 0 Å². The van der Waals surface area contributed by atoms with Crippen LogP contribution in [0, 0.1) is 11.3 Å². The summed E-state index contributed by atoms with van der Waals surface area (Å²) in [6, 6.07) is 0. The van der Waals surface area contributed by atoms with E-state index in [2.05, 4.69) is 26.5 Å². The average Bonchev–Trinajstić information content (AvgIpc) is 2.21. The molecule has 0 spiro atoms. The number of allylic oxidation sites excluding steroid dienone is 3. The number of hydrogen-bond donors (Lipinski definition) is 0. The Balaban J connectivity index is 2.79. The van der Waals surface area contributed by atoms with Gasteiger partial charge in [0.05, 0.1) is 6.61 Å². The predicted octanol–water partition coefficient (Wildman–Crippen LogP) is 3.49. The number of carbonyl (C=O) groups is 1. The van der Waals surface area contributed by atoms with E-state index < -0.39 is 0 Å². The van der Waals surface area contributed by atoms with Gasteiger partial charge in [-0.25, -0.2) is 0 Å². The molecule has 0 saturated heterocycles. The van der Waals surface area contributed by atoms with E-state index in [1.165, 1.54) is 12.5 Å². The van der Waals surface area contributed by atoms with Crippen molar-refractivity contribution in [1.29, 1.82) is 0 Å². The van der Waals surface area contributed by atoms with E-state index in [-0.39, 0.29) is 11.4 Å². The zero-order chi connectivity index (χ0) is 12.2. The van der Waals surface area contributed by atoms with Crippen molar-refractivity contribution in [2.75, 3.05) is 6.61 Å². The fourth-order valence-corrected chi connectivity index (χ4v) is 2.44. The van der Waals surface area contributed by atoms with E-state index in [0.717, 1.165) is 19.3 Å². The van der Waals surface area contributed by atoms with Crippen molar-refractivity contribution >= 4 is 5.97 Å². The van der Waals surface area contributed by atoms with Crippen molar-refractivity contribution in [2.45, 2.75) is 40.0 Å². The number of esters is 1. The number of carbonyl (C=O) groups excluding carboxylic acids is 1. The lowest BCUT2D eigenvalue weighted by molar-refractivity contribution is -0.146. The minimum atomic E-state index is -0.193. The average molecular weight is 222 g/mol. The fraction of sp³-hybridized carbons (Fsp3) is 0.643.